The summed E-state index contributed by atoms with van der Waals surface area (Å²) in [5.41, 5.74) is 5.14. The van der Waals surface area contributed by atoms with E-state index in [2.05, 4.69) is 23.2 Å². The van der Waals surface area contributed by atoms with Crippen LogP contribution in [0.5, 0.6) is 23.0 Å². The van der Waals surface area contributed by atoms with E-state index in [0.29, 0.717) is 23.8 Å². The maximum atomic E-state index is 13.6. The van der Waals surface area contributed by atoms with Crippen LogP contribution in [0.2, 0.25) is 0 Å². The minimum Gasteiger partial charge on any atom is -0.497 e. The first-order valence-corrected chi connectivity index (χ1v) is 11.9. The first kappa shape index (κ1) is 22.1. The molecule has 1 amide bonds. The number of para-hydroxylation sites is 1. The number of ether oxygens (including phenoxy) is 4. The second-order valence-corrected chi connectivity index (χ2v) is 8.84. The minimum absolute atomic E-state index is 0.0799. The summed E-state index contributed by atoms with van der Waals surface area (Å²) in [6.07, 6.45) is 4.18. The van der Waals surface area contributed by atoms with Gasteiger partial charge >= 0.3 is 0 Å². The average Bonchev–Trinajstić information content (AvgIpc) is 3.54. The molecule has 3 aromatic carbocycles. The van der Waals surface area contributed by atoms with E-state index >= 15 is 0 Å². The number of benzene rings is 3. The van der Waals surface area contributed by atoms with Gasteiger partial charge in [-0.3, -0.25) is 4.79 Å². The number of rotatable bonds is 5. The highest BCUT2D eigenvalue weighted by molar-refractivity contribution is 5.93. The molecule has 1 atom stereocenters. The van der Waals surface area contributed by atoms with Crippen LogP contribution < -0.4 is 18.9 Å². The van der Waals surface area contributed by atoms with Gasteiger partial charge in [-0.2, -0.15) is 0 Å². The standard InChI is InChI=1S/C29H26N2O5/c1-33-20-13-18(14-21(16-20)34-2)7-10-27(32)31-12-11-23-22-5-3-4-6-24(22)30-28(23)29(31)19-8-9-25-26(15-19)36-17-35-25/h3-10,13-16,29-30H,11-12,17H2,1-2H3. The number of amides is 1. The first-order chi connectivity index (χ1) is 17.6. The fourth-order valence-corrected chi connectivity index (χ4v) is 5.10. The third-order valence-electron chi connectivity index (χ3n) is 6.82. The molecule has 0 saturated heterocycles. The predicted octanol–water partition coefficient (Wildman–Crippen LogP) is 5.10. The summed E-state index contributed by atoms with van der Waals surface area (Å²) in [5.74, 6) is 2.67. The SMILES string of the molecule is COc1cc(C=CC(=O)N2CCc3c([nH]c4ccccc34)C2c2ccc3c(c2)OCO3)cc(OC)c1. The smallest absolute Gasteiger partial charge is 0.247 e. The number of aromatic nitrogens is 1. The van der Waals surface area contributed by atoms with Gasteiger partial charge in [0.15, 0.2) is 11.5 Å². The molecule has 0 aliphatic carbocycles. The Morgan fingerprint density at radius 1 is 1.00 bits per heavy atom. The van der Waals surface area contributed by atoms with Gasteiger partial charge in [0.1, 0.15) is 11.5 Å². The van der Waals surface area contributed by atoms with Crippen molar-refractivity contribution >= 4 is 22.9 Å². The van der Waals surface area contributed by atoms with Crippen LogP contribution in [0.3, 0.4) is 0 Å². The molecule has 2 aliphatic rings. The van der Waals surface area contributed by atoms with E-state index < -0.39 is 0 Å². The molecule has 2 aliphatic heterocycles. The molecular formula is C29H26N2O5. The Balaban J connectivity index is 1.39. The highest BCUT2D eigenvalue weighted by Crippen LogP contribution is 2.42. The Bertz CT molecular complexity index is 1470. The monoisotopic (exact) mass is 482 g/mol. The second kappa shape index (κ2) is 9.00. The van der Waals surface area contributed by atoms with Gasteiger partial charge in [0.25, 0.3) is 0 Å². The van der Waals surface area contributed by atoms with Crippen molar-refractivity contribution in [1.29, 1.82) is 0 Å². The molecule has 36 heavy (non-hydrogen) atoms. The van der Waals surface area contributed by atoms with E-state index in [9.17, 15) is 4.79 Å². The zero-order valence-electron chi connectivity index (χ0n) is 20.1. The lowest BCUT2D eigenvalue weighted by molar-refractivity contribution is -0.128. The molecule has 1 unspecified atom stereocenters. The Hall–Kier alpha value is -4.39. The van der Waals surface area contributed by atoms with E-state index in [1.54, 1.807) is 32.4 Å². The summed E-state index contributed by atoms with van der Waals surface area (Å²) in [6.45, 7) is 0.801. The van der Waals surface area contributed by atoms with Crippen molar-refractivity contribution in [2.75, 3.05) is 27.6 Å². The fourth-order valence-electron chi connectivity index (χ4n) is 5.10. The second-order valence-electron chi connectivity index (χ2n) is 8.84. The molecule has 7 nitrogen and oxygen atoms in total. The molecule has 4 aromatic rings. The summed E-state index contributed by atoms with van der Waals surface area (Å²) in [7, 11) is 3.21. The molecule has 0 saturated carbocycles. The largest absolute Gasteiger partial charge is 0.497 e. The number of hydrogen-bond acceptors (Lipinski definition) is 5. The van der Waals surface area contributed by atoms with Gasteiger partial charge in [0.2, 0.25) is 12.7 Å². The van der Waals surface area contributed by atoms with E-state index in [4.69, 9.17) is 18.9 Å². The van der Waals surface area contributed by atoms with Crippen LogP contribution >= 0.6 is 0 Å². The summed E-state index contributed by atoms with van der Waals surface area (Å²) >= 11 is 0. The van der Waals surface area contributed by atoms with Gasteiger partial charge in [-0.05, 0) is 59.5 Å². The number of H-pyrrole nitrogens is 1. The van der Waals surface area contributed by atoms with E-state index in [-0.39, 0.29) is 18.7 Å². The van der Waals surface area contributed by atoms with Crippen molar-refractivity contribution in [3.63, 3.8) is 0 Å². The van der Waals surface area contributed by atoms with Crippen LogP contribution in [-0.4, -0.2) is 43.3 Å². The molecule has 1 aromatic heterocycles. The molecule has 182 valence electrons. The Kier molecular flexibility index (Phi) is 5.52. The number of nitrogens with zero attached hydrogens (tertiary/aromatic N) is 1. The van der Waals surface area contributed by atoms with Gasteiger partial charge in [0, 0.05) is 35.3 Å². The molecule has 0 spiro atoms. The van der Waals surface area contributed by atoms with Crippen molar-refractivity contribution in [3.8, 4) is 23.0 Å². The Labute approximate surface area is 208 Å². The molecule has 0 radical (unpaired) electrons. The maximum absolute atomic E-state index is 13.6. The fraction of sp³-hybridized carbons (Fsp3) is 0.207. The Morgan fingerprint density at radius 3 is 2.58 bits per heavy atom. The summed E-state index contributed by atoms with van der Waals surface area (Å²) in [4.78, 5) is 19.1. The number of carbonyl (C=O) groups is 1. The third-order valence-corrected chi connectivity index (χ3v) is 6.82. The van der Waals surface area contributed by atoms with Crippen LogP contribution in [0.25, 0.3) is 17.0 Å². The van der Waals surface area contributed by atoms with E-state index in [0.717, 1.165) is 34.5 Å². The molecule has 0 fully saturated rings. The van der Waals surface area contributed by atoms with Gasteiger partial charge in [0.05, 0.1) is 20.3 Å². The topological polar surface area (TPSA) is 73.0 Å². The van der Waals surface area contributed by atoms with E-state index in [1.165, 1.54) is 10.9 Å². The Morgan fingerprint density at radius 2 is 1.78 bits per heavy atom. The lowest BCUT2D eigenvalue weighted by Gasteiger charge is -2.35. The summed E-state index contributed by atoms with van der Waals surface area (Å²) in [6, 6.07) is 19.4. The summed E-state index contributed by atoms with van der Waals surface area (Å²) in [5, 5.41) is 1.20. The van der Waals surface area contributed by atoms with Crippen LogP contribution in [-0.2, 0) is 11.2 Å². The quantitative estimate of drug-likeness (QED) is 0.401. The molecule has 7 heteroatoms. The molecule has 1 N–H and O–H groups in total. The van der Waals surface area contributed by atoms with Crippen molar-refractivity contribution in [2.45, 2.75) is 12.5 Å². The van der Waals surface area contributed by atoms with Crippen molar-refractivity contribution < 1.29 is 23.7 Å². The lowest BCUT2D eigenvalue weighted by atomic mass is 9.92. The first-order valence-electron chi connectivity index (χ1n) is 11.9. The van der Waals surface area contributed by atoms with Gasteiger partial charge in [-0.25, -0.2) is 0 Å². The van der Waals surface area contributed by atoms with Crippen LogP contribution in [0, 0.1) is 0 Å². The number of nitrogens with one attached hydrogen (secondary N) is 1. The maximum Gasteiger partial charge on any atom is 0.247 e. The molecular weight excluding hydrogens is 456 g/mol. The highest BCUT2D eigenvalue weighted by Gasteiger charge is 2.34. The molecule has 3 heterocycles. The number of hydrogen-bond donors (Lipinski definition) is 1. The molecule has 6 rings (SSSR count). The molecule has 0 bridgehead atoms. The number of fused-ring (bicyclic) bond motifs is 4. The zero-order chi connectivity index (χ0) is 24.6. The number of carbonyl (C=O) groups excluding carboxylic acids is 1. The summed E-state index contributed by atoms with van der Waals surface area (Å²) < 4.78 is 21.9. The lowest BCUT2D eigenvalue weighted by Crippen LogP contribution is -2.39. The van der Waals surface area contributed by atoms with Gasteiger partial charge in [-0.15, -0.1) is 0 Å². The minimum atomic E-state index is -0.285. The van der Waals surface area contributed by atoms with Gasteiger partial charge < -0.3 is 28.8 Å². The number of methoxy groups -OCH3 is 2. The van der Waals surface area contributed by atoms with Crippen molar-refractivity contribution in [2.24, 2.45) is 0 Å². The van der Waals surface area contributed by atoms with Crippen LogP contribution in [0.4, 0.5) is 0 Å². The zero-order valence-corrected chi connectivity index (χ0v) is 20.1. The highest BCUT2D eigenvalue weighted by atomic mass is 16.7. The average molecular weight is 483 g/mol. The third kappa shape index (κ3) is 3.82. The van der Waals surface area contributed by atoms with E-state index in [1.807, 2.05) is 41.3 Å². The predicted molar refractivity (Wildman–Crippen MR) is 137 cm³/mol. The van der Waals surface area contributed by atoms with Crippen LogP contribution in [0.15, 0.2) is 66.7 Å². The van der Waals surface area contributed by atoms with Crippen molar-refractivity contribution in [1.82, 2.24) is 9.88 Å². The number of aromatic amines is 1. The van der Waals surface area contributed by atoms with Crippen LogP contribution in [0.1, 0.15) is 28.4 Å². The normalized spacial score (nSPS) is 16.4. The van der Waals surface area contributed by atoms with Gasteiger partial charge in [-0.1, -0.05) is 24.3 Å². The van der Waals surface area contributed by atoms with Crippen molar-refractivity contribution in [3.05, 3.63) is 89.1 Å².